The Morgan fingerprint density at radius 3 is 2.12 bits per heavy atom. The molecule has 2 aromatic rings. The first-order chi connectivity index (χ1) is 11.7. The highest BCUT2D eigenvalue weighted by Crippen LogP contribution is 2.39. The van der Waals surface area contributed by atoms with E-state index in [0.717, 1.165) is 6.42 Å². The molecule has 0 aliphatic carbocycles. The van der Waals surface area contributed by atoms with Crippen LogP contribution in [0.15, 0.2) is 42.5 Å². The van der Waals surface area contributed by atoms with Crippen LogP contribution in [0.1, 0.15) is 5.56 Å². The molecule has 0 aromatic heterocycles. The second kappa shape index (κ2) is 8.67. The third-order valence-electron chi connectivity index (χ3n) is 3.46. The van der Waals surface area contributed by atoms with Gasteiger partial charge in [-0.05, 0) is 12.0 Å². The Balaban J connectivity index is 1.96. The first-order valence-electron chi connectivity index (χ1n) is 7.56. The minimum Gasteiger partial charge on any atom is -0.493 e. The molecule has 0 saturated heterocycles. The van der Waals surface area contributed by atoms with Crippen molar-refractivity contribution in [3.63, 3.8) is 0 Å². The smallest absolute Gasteiger partial charge is 0.319 e. The minimum absolute atomic E-state index is 0.291. The van der Waals surface area contributed by atoms with E-state index < -0.39 is 0 Å². The fraction of sp³-hybridized carbons (Fsp3) is 0.278. The van der Waals surface area contributed by atoms with Gasteiger partial charge in [0.15, 0.2) is 11.5 Å². The third kappa shape index (κ3) is 4.55. The maximum absolute atomic E-state index is 12.0. The quantitative estimate of drug-likeness (QED) is 0.818. The van der Waals surface area contributed by atoms with Crippen LogP contribution in [0.25, 0.3) is 0 Å². The van der Waals surface area contributed by atoms with Gasteiger partial charge in [-0.3, -0.25) is 0 Å². The summed E-state index contributed by atoms with van der Waals surface area (Å²) in [5.74, 6) is 1.45. The van der Waals surface area contributed by atoms with Crippen LogP contribution in [0.3, 0.4) is 0 Å². The number of benzene rings is 2. The maximum Gasteiger partial charge on any atom is 0.319 e. The van der Waals surface area contributed by atoms with Crippen LogP contribution in [0, 0.1) is 0 Å². The van der Waals surface area contributed by atoms with Crippen LogP contribution >= 0.6 is 0 Å². The summed E-state index contributed by atoms with van der Waals surface area (Å²) in [4.78, 5) is 12.0. The fourth-order valence-corrected chi connectivity index (χ4v) is 2.29. The van der Waals surface area contributed by atoms with E-state index in [2.05, 4.69) is 10.6 Å². The second-order valence-electron chi connectivity index (χ2n) is 5.03. The topological polar surface area (TPSA) is 68.8 Å². The lowest BCUT2D eigenvalue weighted by Gasteiger charge is -2.15. The van der Waals surface area contributed by atoms with Crippen molar-refractivity contribution in [1.82, 2.24) is 5.32 Å². The molecule has 2 N–H and O–H groups in total. The minimum atomic E-state index is -0.291. The summed E-state index contributed by atoms with van der Waals surface area (Å²) in [6.45, 7) is 0.542. The van der Waals surface area contributed by atoms with Crippen molar-refractivity contribution in [2.75, 3.05) is 33.2 Å². The molecule has 24 heavy (non-hydrogen) atoms. The lowest BCUT2D eigenvalue weighted by atomic mass is 10.1. The number of carbonyl (C=O) groups excluding carboxylic acids is 1. The summed E-state index contributed by atoms with van der Waals surface area (Å²) < 4.78 is 15.8. The zero-order valence-electron chi connectivity index (χ0n) is 14.1. The molecule has 2 rings (SSSR count). The van der Waals surface area contributed by atoms with E-state index in [1.807, 2.05) is 30.3 Å². The van der Waals surface area contributed by atoms with Gasteiger partial charge in [0.1, 0.15) is 0 Å². The maximum atomic E-state index is 12.0. The Labute approximate surface area is 141 Å². The SMILES string of the molecule is COc1cc(NC(=O)NCCc2ccccc2)cc(OC)c1OC. The van der Waals surface area contributed by atoms with E-state index >= 15 is 0 Å². The number of amides is 2. The summed E-state index contributed by atoms with van der Waals surface area (Å²) in [7, 11) is 4.59. The Kier molecular flexibility index (Phi) is 6.31. The van der Waals surface area contributed by atoms with E-state index in [4.69, 9.17) is 14.2 Å². The predicted octanol–water partition coefficient (Wildman–Crippen LogP) is 3.08. The van der Waals surface area contributed by atoms with E-state index in [1.54, 1.807) is 12.1 Å². The van der Waals surface area contributed by atoms with Crippen molar-refractivity contribution in [2.24, 2.45) is 0 Å². The monoisotopic (exact) mass is 330 g/mol. The van der Waals surface area contributed by atoms with Crippen molar-refractivity contribution >= 4 is 11.7 Å². The lowest BCUT2D eigenvalue weighted by Crippen LogP contribution is -2.30. The van der Waals surface area contributed by atoms with Crippen molar-refractivity contribution in [3.8, 4) is 17.2 Å². The zero-order valence-corrected chi connectivity index (χ0v) is 14.1. The molecule has 2 amide bonds. The first-order valence-corrected chi connectivity index (χ1v) is 7.56. The number of ether oxygens (including phenoxy) is 3. The molecule has 0 bridgehead atoms. The number of rotatable bonds is 7. The Morgan fingerprint density at radius 2 is 1.58 bits per heavy atom. The number of methoxy groups -OCH3 is 3. The molecule has 0 aliphatic rings. The summed E-state index contributed by atoms with van der Waals surface area (Å²) >= 11 is 0. The van der Waals surface area contributed by atoms with Crippen molar-refractivity contribution in [1.29, 1.82) is 0 Å². The normalized spacial score (nSPS) is 9.96. The average Bonchev–Trinajstić information content (AvgIpc) is 2.61. The molecule has 0 saturated carbocycles. The van der Waals surface area contributed by atoms with Gasteiger partial charge in [-0.2, -0.15) is 0 Å². The molecule has 128 valence electrons. The van der Waals surface area contributed by atoms with Crippen LogP contribution in [0.5, 0.6) is 17.2 Å². The summed E-state index contributed by atoms with van der Waals surface area (Å²) in [6.07, 6.45) is 0.767. The fourth-order valence-electron chi connectivity index (χ4n) is 2.29. The average molecular weight is 330 g/mol. The number of hydrogen-bond acceptors (Lipinski definition) is 4. The van der Waals surface area contributed by atoms with E-state index in [0.29, 0.717) is 29.5 Å². The van der Waals surface area contributed by atoms with Crippen LogP contribution in [-0.2, 0) is 6.42 Å². The zero-order chi connectivity index (χ0) is 17.4. The van der Waals surface area contributed by atoms with Crippen LogP contribution in [0.2, 0.25) is 0 Å². The van der Waals surface area contributed by atoms with Gasteiger partial charge in [-0.25, -0.2) is 4.79 Å². The number of urea groups is 1. The molecule has 0 spiro atoms. The van der Waals surface area contributed by atoms with Crippen molar-refractivity contribution in [2.45, 2.75) is 6.42 Å². The Hall–Kier alpha value is -2.89. The molecule has 0 fully saturated rings. The molecular formula is C18H22N2O4. The van der Waals surface area contributed by atoms with Crippen LogP contribution in [-0.4, -0.2) is 33.9 Å². The summed E-state index contributed by atoms with van der Waals surface area (Å²) in [6, 6.07) is 13.0. The van der Waals surface area contributed by atoms with Gasteiger partial charge in [-0.1, -0.05) is 30.3 Å². The largest absolute Gasteiger partial charge is 0.493 e. The third-order valence-corrected chi connectivity index (χ3v) is 3.46. The predicted molar refractivity (Wildman–Crippen MR) is 93.3 cm³/mol. The molecule has 0 atom stereocenters. The molecule has 6 heteroatoms. The second-order valence-corrected chi connectivity index (χ2v) is 5.03. The molecule has 6 nitrogen and oxygen atoms in total. The lowest BCUT2D eigenvalue weighted by molar-refractivity contribution is 0.252. The van der Waals surface area contributed by atoms with Crippen LogP contribution < -0.4 is 24.8 Å². The molecule has 0 aliphatic heterocycles. The molecular weight excluding hydrogens is 308 g/mol. The number of carbonyl (C=O) groups is 1. The highest BCUT2D eigenvalue weighted by Gasteiger charge is 2.14. The van der Waals surface area contributed by atoms with Gasteiger partial charge < -0.3 is 24.8 Å². The van der Waals surface area contributed by atoms with Gasteiger partial charge in [0.2, 0.25) is 5.75 Å². The van der Waals surface area contributed by atoms with E-state index in [9.17, 15) is 4.79 Å². The number of nitrogens with one attached hydrogen (secondary N) is 2. The van der Waals surface area contributed by atoms with Crippen LogP contribution in [0.4, 0.5) is 10.5 Å². The standard InChI is InChI=1S/C18H22N2O4/c1-22-15-11-14(12-16(23-2)17(15)24-3)20-18(21)19-10-9-13-7-5-4-6-8-13/h4-8,11-12H,9-10H2,1-3H3,(H2,19,20,21). The van der Waals surface area contributed by atoms with Crippen molar-refractivity contribution < 1.29 is 19.0 Å². The highest BCUT2D eigenvalue weighted by atomic mass is 16.5. The Morgan fingerprint density at radius 1 is 0.958 bits per heavy atom. The summed E-state index contributed by atoms with van der Waals surface area (Å²) in [5.41, 5.74) is 1.73. The number of hydrogen-bond donors (Lipinski definition) is 2. The summed E-state index contributed by atoms with van der Waals surface area (Å²) in [5, 5.41) is 5.58. The molecule has 2 aromatic carbocycles. The highest BCUT2D eigenvalue weighted by molar-refractivity contribution is 5.90. The van der Waals surface area contributed by atoms with Gasteiger partial charge in [-0.15, -0.1) is 0 Å². The molecule has 0 heterocycles. The Bertz CT molecular complexity index is 649. The van der Waals surface area contributed by atoms with E-state index in [1.165, 1.54) is 26.9 Å². The van der Waals surface area contributed by atoms with Crippen molar-refractivity contribution in [3.05, 3.63) is 48.0 Å². The van der Waals surface area contributed by atoms with Gasteiger partial charge in [0.25, 0.3) is 0 Å². The molecule has 0 radical (unpaired) electrons. The van der Waals surface area contributed by atoms with Gasteiger partial charge in [0, 0.05) is 18.7 Å². The van der Waals surface area contributed by atoms with Gasteiger partial charge in [0.05, 0.1) is 27.0 Å². The number of anilines is 1. The van der Waals surface area contributed by atoms with Gasteiger partial charge >= 0.3 is 6.03 Å². The molecule has 0 unspecified atom stereocenters. The van der Waals surface area contributed by atoms with E-state index in [-0.39, 0.29) is 6.03 Å². The first kappa shape index (κ1) is 17.5.